The predicted molar refractivity (Wildman–Crippen MR) is 247 cm³/mol. The molecule has 9 nitrogen and oxygen atoms in total. The molecule has 1 aromatic heterocycles. The molecule has 0 radical (unpaired) electrons. The molecule has 16 atom stereocenters. The van der Waals surface area contributed by atoms with Gasteiger partial charge in [-0.1, -0.05) is 80.0 Å². The molecule has 11 rings (SSSR count). The number of carboxylic acids is 1. The fourth-order valence-corrected chi connectivity index (χ4v) is 19.5. The SMILES string of the molecule is CC1(C)C(=O)C=CC2(C)C1=C(O)C(=O)C1(C)C2CCC2(C)C(c3ccoc3)CC3OC321.CC1(C)CCC2(C(=O)O)C(O)CC3(C)C(=CCC4C5(C)CCC(O)C(C)(C)C5CCC43C)C2C1. The molecular weight excluding hydrogens is 817 g/mol. The van der Waals surface area contributed by atoms with Gasteiger partial charge in [0.05, 0.1) is 41.7 Å². The fourth-order valence-electron chi connectivity index (χ4n) is 19.5. The van der Waals surface area contributed by atoms with Gasteiger partial charge in [0.1, 0.15) is 11.0 Å². The van der Waals surface area contributed by atoms with Crippen LogP contribution in [0.15, 0.2) is 58.1 Å². The number of allylic oxidation sites excluding steroid dienone is 6. The highest BCUT2D eigenvalue weighted by molar-refractivity contribution is 6.06. The molecule has 9 aliphatic carbocycles. The van der Waals surface area contributed by atoms with Crippen LogP contribution in [0, 0.1) is 77.8 Å². The Morgan fingerprint density at radius 3 is 2.11 bits per heavy atom. The second kappa shape index (κ2) is 13.4. The van der Waals surface area contributed by atoms with Crippen molar-refractivity contribution in [2.75, 3.05) is 0 Å². The number of aliphatic hydroxyl groups is 3. The highest BCUT2D eigenvalue weighted by Crippen LogP contribution is 2.82. The van der Waals surface area contributed by atoms with Crippen LogP contribution in [0.3, 0.4) is 0 Å². The topological polar surface area (TPSA) is 158 Å². The van der Waals surface area contributed by atoms with Crippen molar-refractivity contribution < 1.29 is 44.0 Å². The molecule has 1 aromatic rings. The average Bonchev–Trinajstić information content (AvgIpc) is 3.56. The Labute approximate surface area is 387 Å². The van der Waals surface area contributed by atoms with Crippen LogP contribution in [0.25, 0.3) is 0 Å². The molecular formula is C56H78O9. The smallest absolute Gasteiger partial charge is 0.312 e. The molecule has 1 saturated heterocycles. The van der Waals surface area contributed by atoms with Crippen molar-refractivity contribution in [1.82, 2.24) is 0 Å². The maximum absolute atomic E-state index is 14.0. The van der Waals surface area contributed by atoms with Crippen molar-refractivity contribution in [1.29, 1.82) is 0 Å². The lowest BCUT2D eigenvalue weighted by Gasteiger charge is -2.71. The summed E-state index contributed by atoms with van der Waals surface area (Å²) in [4.78, 5) is 39.6. The summed E-state index contributed by atoms with van der Waals surface area (Å²) in [6.07, 6.45) is 19.1. The maximum Gasteiger partial charge on any atom is 0.312 e. The van der Waals surface area contributed by atoms with E-state index in [1.54, 1.807) is 12.3 Å². The van der Waals surface area contributed by atoms with E-state index in [1.165, 1.54) is 11.1 Å². The molecule has 4 N–H and O–H groups in total. The average molecular weight is 895 g/mol. The first-order valence-corrected chi connectivity index (χ1v) is 25.2. The number of carboxylic acid groups (broad SMARTS) is 1. The van der Waals surface area contributed by atoms with E-state index < -0.39 is 39.3 Å². The van der Waals surface area contributed by atoms with Crippen molar-refractivity contribution in [3.63, 3.8) is 0 Å². The Balaban J connectivity index is 0.000000154. The van der Waals surface area contributed by atoms with E-state index in [-0.39, 0.29) is 79.8 Å². The van der Waals surface area contributed by atoms with Crippen LogP contribution < -0.4 is 0 Å². The van der Waals surface area contributed by atoms with Crippen LogP contribution in [0.2, 0.25) is 0 Å². The molecule has 0 bridgehead atoms. The van der Waals surface area contributed by atoms with E-state index >= 15 is 0 Å². The lowest BCUT2D eigenvalue weighted by atomic mass is 9.33. The third-order valence-corrected chi connectivity index (χ3v) is 23.2. The number of hydrogen-bond donors (Lipinski definition) is 4. The molecule has 6 saturated carbocycles. The quantitative estimate of drug-likeness (QED) is 0.168. The van der Waals surface area contributed by atoms with Crippen molar-refractivity contribution in [2.45, 2.75) is 190 Å². The van der Waals surface area contributed by atoms with Crippen molar-refractivity contribution >= 4 is 17.5 Å². The van der Waals surface area contributed by atoms with Gasteiger partial charge in [0.25, 0.3) is 0 Å². The summed E-state index contributed by atoms with van der Waals surface area (Å²) in [5, 5.41) is 44.4. The van der Waals surface area contributed by atoms with E-state index in [2.05, 4.69) is 68.4 Å². The molecule has 65 heavy (non-hydrogen) atoms. The third kappa shape index (κ3) is 5.20. The Morgan fingerprint density at radius 1 is 0.769 bits per heavy atom. The Morgan fingerprint density at radius 2 is 1.45 bits per heavy atom. The highest BCUT2D eigenvalue weighted by Gasteiger charge is 2.87. The monoisotopic (exact) mass is 895 g/mol. The van der Waals surface area contributed by atoms with E-state index in [0.717, 1.165) is 64.2 Å². The number of hydrogen-bond acceptors (Lipinski definition) is 8. The molecule has 7 fully saturated rings. The second-order valence-corrected chi connectivity index (χ2v) is 26.7. The Bertz CT molecular complexity index is 2330. The van der Waals surface area contributed by atoms with Crippen LogP contribution in [0.1, 0.15) is 172 Å². The van der Waals surface area contributed by atoms with Gasteiger partial charge in [-0.2, -0.15) is 0 Å². The molecule has 1 aliphatic heterocycles. The van der Waals surface area contributed by atoms with Gasteiger partial charge < -0.3 is 29.6 Å². The summed E-state index contributed by atoms with van der Waals surface area (Å²) in [6.45, 7) is 26.4. The van der Waals surface area contributed by atoms with E-state index in [1.807, 2.05) is 39.2 Å². The lowest BCUT2D eigenvalue weighted by molar-refractivity contribution is -0.218. The predicted octanol–water partition coefficient (Wildman–Crippen LogP) is 11.1. The molecule has 9 heteroatoms. The zero-order chi connectivity index (χ0) is 47.3. The standard InChI is InChI=1S/C30H48O4.C26H30O5/c1-25(2)14-15-30(24(33)34)19(16-25)18-8-9-21-27(5)12-11-22(31)26(3,4)20(27)10-13-28(21,6)29(18,7)17-23(30)32;1-22(2)17(27)7-9-23(3)16-6-10-24(4)15(14-8-11-30-13-14)12-18-26(24,31-18)25(16,5)21(29)19(28)20(22)23/h8,19-23,31-32H,9-17H2,1-7H3,(H,33,34);7-9,11,13,15-16,18,28H,6,10,12H2,1-5H3. The number of fused-ring (bicyclic) bond motifs is 10. The van der Waals surface area contributed by atoms with Gasteiger partial charge in [-0.25, -0.2) is 0 Å². The largest absolute Gasteiger partial charge is 0.504 e. The second-order valence-electron chi connectivity index (χ2n) is 26.7. The first-order valence-electron chi connectivity index (χ1n) is 25.2. The number of carbonyl (C=O) groups is 3. The molecule has 1 spiro atoms. The van der Waals surface area contributed by atoms with Gasteiger partial charge in [0.2, 0.25) is 5.78 Å². The number of aliphatic carboxylic acids is 1. The molecule has 0 amide bonds. The van der Waals surface area contributed by atoms with Gasteiger partial charge in [0, 0.05) is 10.8 Å². The van der Waals surface area contributed by atoms with Crippen LogP contribution in [0.5, 0.6) is 0 Å². The zero-order valence-corrected chi connectivity index (χ0v) is 41.4. The number of aliphatic hydroxyl groups excluding tert-OH is 3. The number of carbonyl (C=O) groups excluding carboxylic acids is 2. The minimum atomic E-state index is -1.04. The van der Waals surface area contributed by atoms with E-state index in [4.69, 9.17) is 9.15 Å². The molecule has 10 aliphatic rings. The first kappa shape index (κ1) is 45.8. The number of Topliss-reactive ketones (excluding diaryl/α,β-unsaturated/α-hetero) is 1. The number of ketones is 2. The maximum atomic E-state index is 14.0. The summed E-state index contributed by atoms with van der Waals surface area (Å²) in [6, 6.07) is 2.03. The minimum Gasteiger partial charge on any atom is -0.504 e. The molecule has 0 aromatic carbocycles. The van der Waals surface area contributed by atoms with Crippen molar-refractivity contribution in [2.24, 2.45) is 77.8 Å². The zero-order valence-electron chi connectivity index (χ0n) is 41.4. The van der Waals surface area contributed by atoms with Crippen molar-refractivity contribution in [3.05, 3.63) is 59.3 Å². The van der Waals surface area contributed by atoms with E-state index in [9.17, 15) is 34.8 Å². The number of epoxide rings is 1. The third-order valence-electron chi connectivity index (χ3n) is 23.2. The number of furan rings is 1. The number of ether oxygens (including phenoxy) is 1. The Hall–Kier alpha value is -3.01. The van der Waals surface area contributed by atoms with Crippen molar-refractivity contribution in [3.8, 4) is 0 Å². The summed E-state index contributed by atoms with van der Waals surface area (Å²) in [5.74, 6) is -0.223. The highest BCUT2D eigenvalue weighted by atomic mass is 16.6. The molecule has 16 unspecified atom stereocenters. The van der Waals surface area contributed by atoms with Crippen LogP contribution >= 0.6 is 0 Å². The summed E-state index contributed by atoms with van der Waals surface area (Å²) < 4.78 is 11.9. The Kier molecular flexibility index (Phi) is 9.43. The van der Waals surface area contributed by atoms with Gasteiger partial charge in [-0.15, -0.1) is 0 Å². The summed E-state index contributed by atoms with van der Waals surface area (Å²) >= 11 is 0. The first-order chi connectivity index (χ1) is 30.0. The fraction of sp³-hybridized carbons (Fsp3) is 0.768. The van der Waals surface area contributed by atoms with Gasteiger partial charge in [-0.3, -0.25) is 14.4 Å². The summed E-state index contributed by atoms with van der Waals surface area (Å²) in [5.41, 5.74) is -1.10. The van der Waals surface area contributed by atoms with Crippen LogP contribution in [-0.4, -0.2) is 61.9 Å². The van der Waals surface area contributed by atoms with Gasteiger partial charge in [0.15, 0.2) is 11.5 Å². The van der Waals surface area contributed by atoms with Crippen LogP contribution in [0.4, 0.5) is 0 Å². The minimum absolute atomic E-state index is 0.00527. The van der Waals surface area contributed by atoms with Gasteiger partial charge >= 0.3 is 5.97 Å². The van der Waals surface area contributed by atoms with Crippen LogP contribution in [-0.2, 0) is 19.1 Å². The number of rotatable bonds is 2. The van der Waals surface area contributed by atoms with Gasteiger partial charge in [-0.05, 0) is 178 Å². The molecule has 2 heterocycles. The normalized spacial score (nSPS) is 51.5. The summed E-state index contributed by atoms with van der Waals surface area (Å²) in [7, 11) is 0. The lowest BCUT2D eigenvalue weighted by Crippen LogP contribution is -2.67. The molecule has 356 valence electrons. The van der Waals surface area contributed by atoms with E-state index in [0.29, 0.717) is 30.3 Å².